The van der Waals surface area contributed by atoms with Crippen molar-refractivity contribution in [2.75, 3.05) is 17.3 Å². The maximum absolute atomic E-state index is 12.7. The zero-order valence-corrected chi connectivity index (χ0v) is 16.2. The van der Waals surface area contributed by atoms with Crippen molar-refractivity contribution in [1.82, 2.24) is 0 Å². The fourth-order valence-electron chi connectivity index (χ4n) is 2.59. The molecule has 1 N–H and O–H groups in total. The van der Waals surface area contributed by atoms with Gasteiger partial charge in [-0.1, -0.05) is 18.2 Å². The van der Waals surface area contributed by atoms with Crippen molar-refractivity contribution in [3.8, 4) is 5.75 Å². The maximum Gasteiger partial charge on any atom is 0.345 e. The number of hydrogen-bond donors (Lipinski definition) is 1. The van der Waals surface area contributed by atoms with E-state index in [9.17, 15) is 14.4 Å². The lowest BCUT2D eigenvalue weighted by atomic mass is 10.1. The summed E-state index contributed by atoms with van der Waals surface area (Å²) in [5.41, 5.74) is 1.34. The Morgan fingerprint density at radius 1 is 0.964 bits per heavy atom. The van der Waals surface area contributed by atoms with Gasteiger partial charge >= 0.3 is 5.97 Å². The second-order valence-electron chi connectivity index (χ2n) is 5.95. The van der Waals surface area contributed by atoms with Gasteiger partial charge in [-0.25, -0.2) is 4.79 Å². The number of amides is 2. The van der Waals surface area contributed by atoms with Crippen LogP contribution in [-0.2, 0) is 4.79 Å². The van der Waals surface area contributed by atoms with E-state index in [1.165, 1.54) is 23.2 Å². The van der Waals surface area contributed by atoms with Crippen molar-refractivity contribution in [2.45, 2.75) is 6.92 Å². The molecule has 2 aromatic carbocycles. The van der Waals surface area contributed by atoms with Crippen molar-refractivity contribution in [3.05, 3.63) is 76.5 Å². The van der Waals surface area contributed by atoms with E-state index in [0.717, 1.165) is 0 Å². The summed E-state index contributed by atoms with van der Waals surface area (Å²) in [6, 6.07) is 16.8. The Balaban J connectivity index is 1.79. The molecule has 7 heteroatoms. The molecule has 0 bridgehead atoms. The molecule has 0 saturated carbocycles. The zero-order chi connectivity index (χ0) is 20.1. The highest BCUT2D eigenvalue weighted by Crippen LogP contribution is 2.25. The van der Waals surface area contributed by atoms with Crippen LogP contribution < -0.4 is 15.0 Å². The highest BCUT2D eigenvalue weighted by Gasteiger charge is 2.21. The van der Waals surface area contributed by atoms with Crippen LogP contribution in [0.1, 0.15) is 27.0 Å². The van der Waals surface area contributed by atoms with Gasteiger partial charge in [0.25, 0.3) is 5.91 Å². The highest BCUT2D eigenvalue weighted by atomic mass is 32.1. The molecule has 0 aliphatic heterocycles. The predicted octanol–water partition coefficient (Wildman–Crippen LogP) is 4.20. The minimum Gasteiger partial charge on any atom is -0.423 e. The third kappa shape index (κ3) is 4.44. The van der Waals surface area contributed by atoms with Crippen molar-refractivity contribution in [2.24, 2.45) is 0 Å². The van der Waals surface area contributed by atoms with Crippen LogP contribution in [0, 0.1) is 0 Å². The van der Waals surface area contributed by atoms with Gasteiger partial charge in [-0.05, 0) is 47.8 Å². The number of nitrogens with zero attached hydrogens (tertiary/aromatic N) is 1. The third-order valence-electron chi connectivity index (χ3n) is 3.91. The van der Waals surface area contributed by atoms with E-state index in [1.807, 2.05) is 5.38 Å². The lowest BCUT2D eigenvalue weighted by Crippen LogP contribution is -2.27. The van der Waals surface area contributed by atoms with Crippen LogP contribution in [-0.4, -0.2) is 24.8 Å². The average Bonchev–Trinajstić information content (AvgIpc) is 3.22. The van der Waals surface area contributed by atoms with Crippen molar-refractivity contribution in [1.29, 1.82) is 0 Å². The third-order valence-corrected chi connectivity index (χ3v) is 4.77. The molecule has 0 radical (unpaired) electrons. The molecule has 3 aromatic rings. The van der Waals surface area contributed by atoms with Crippen LogP contribution in [0.5, 0.6) is 5.75 Å². The molecule has 6 nitrogen and oxygen atoms in total. The number of carbonyl (C=O) groups is 3. The molecule has 0 unspecified atom stereocenters. The minimum atomic E-state index is -0.575. The fraction of sp³-hybridized carbons (Fsp3) is 0.0952. The standard InChI is InChI=1S/C21H18N2O4S/c1-14(24)22-15-9-11-16(12-10-15)27-21(26)17-6-3-4-7-18(17)23(2)20(25)19-8-5-13-28-19/h3-13H,1-2H3,(H,22,24). The summed E-state index contributed by atoms with van der Waals surface area (Å²) in [5, 5.41) is 4.47. The molecule has 3 rings (SSSR count). The van der Waals surface area contributed by atoms with Crippen LogP contribution in [0.2, 0.25) is 0 Å². The topological polar surface area (TPSA) is 75.7 Å². The van der Waals surface area contributed by atoms with Crippen molar-refractivity contribution in [3.63, 3.8) is 0 Å². The average molecular weight is 394 g/mol. The van der Waals surface area contributed by atoms with E-state index in [-0.39, 0.29) is 17.4 Å². The van der Waals surface area contributed by atoms with Crippen LogP contribution in [0.3, 0.4) is 0 Å². The summed E-state index contributed by atoms with van der Waals surface area (Å²) in [6.07, 6.45) is 0. The first-order valence-electron chi connectivity index (χ1n) is 8.46. The molecule has 0 fully saturated rings. The largest absolute Gasteiger partial charge is 0.423 e. The van der Waals surface area contributed by atoms with E-state index in [1.54, 1.807) is 67.7 Å². The number of hydrogen-bond acceptors (Lipinski definition) is 5. The molecular weight excluding hydrogens is 376 g/mol. The lowest BCUT2D eigenvalue weighted by molar-refractivity contribution is -0.114. The number of rotatable bonds is 5. The first-order valence-corrected chi connectivity index (χ1v) is 9.34. The number of thiophene rings is 1. The van der Waals surface area contributed by atoms with E-state index in [0.29, 0.717) is 22.0 Å². The molecule has 0 saturated heterocycles. The number of esters is 1. The van der Waals surface area contributed by atoms with Crippen molar-refractivity contribution >= 4 is 40.5 Å². The summed E-state index contributed by atoms with van der Waals surface area (Å²) < 4.78 is 5.43. The summed E-state index contributed by atoms with van der Waals surface area (Å²) in [5.74, 6) is -0.623. The van der Waals surface area contributed by atoms with Gasteiger partial charge in [-0.2, -0.15) is 0 Å². The van der Waals surface area contributed by atoms with Gasteiger partial charge in [0.05, 0.1) is 16.1 Å². The fourth-order valence-corrected chi connectivity index (χ4v) is 3.28. The molecule has 0 spiro atoms. The van der Waals surface area contributed by atoms with Crippen LogP contribution in [0.25, 0.3) is 0 Å². The molecule has 142 valence electrons. The molecular formula is C21H18N2O4S. The molecule has 0 aliphatic carbocycles. The molecule has 1 heterocycles. The normalized spacial score (nSPS) is 10.2. The number of benzene rings is 2. The molecule has 2 amide bonds. The summed E-state index contributed by atoms with van der Waals surface area (Å²) in [7, 11) is 1.62. The van der Waals surface area contributed by atoms with Gasteiger partial charge < -0.3 is 15.0 Å². The molecule has 1 aromatic heterocycles. The number of ether oxygens (including phenoxy) is 1. The second-order valence-corrected chi connectivity index (χ2v) is 6.90. The zero-order valence-electron chi connectivity index (χ0n) is 15.3. The quantitative estimate of drug-likeness (QED) is 0.520. The first-order chi connectivity index (χ1) is 13.5. The van der Waals surface area contributed by atoms with Gasteiger partial charge in [0, 0.05) is 19.7 Å². The molecule has 0 aliphatic rings. The predicted molar refractivity (Wildman–Crippen MR) is 109 cm³/mol. The Morgan fingerprint density at radius 2 is 1.68 bits per heavy atom. The van der Waals surface area contributed by atoms with E-state index in [2.05, 4.69) is 5.32 Å². The first kappa shape index (κ1) is 19.3. The molecule has 0 atom stereocenters. The monoisotopic (exact) mass is 394 g/mol. The SMILES string of the molecule is CC(=O)Nc1ccc(OC(=O)c2ccccc2N(C)C(=O)c2cccs2)cc1. The lowest BCUT2D eigenvalue weighted by Gasteiger charge is -2.19. The van der Waals surface area contributed by atoms with E-state index >= 15 is 0 Å². The Bertz CT molecular complexity index is 998. The minimum absolute atomic E-state index is 0.183. The maximum atomic E-state index is 12.7. The smallest absolute Gasteiger partial charge is 0.345 e. The number of nitrogens with one attached hydrogen (secondary N) is 1. The van der Waals surface area contributed by atoms with Gasteiger partial charge in [-0.3, -0.25) is 9.59 Å². The Morgan fingerprint density at radius 3 is 2.32 bits per heavy atom. The second kappa shape index (κ2) is 8.49. The van der Waals surface area contributed by atoms with Gasteiger partial charge in [0.1, 0.15) is 5.75 Å². The Labute approximate surface area is 166 Å². The van der Waals surface area contributed by atoms with Crippen LogP contribution >= 0.6 is 11.3 Å². The van der Waals surface area contributed by atoms with E-state index in [4.69, 9.17) is 4.74 Å². The highest BCUT2D eigenvalue weighted by molar-refractivity contribution is 7.12. The number of anilines is 2. The number of para-hydroxylation sites is 1. The Hall–Kier alpha value is -3.45. The van der Waals surface area contributed by atoms with Crippen molar-refractivity contribution < 1.29 is 19.1 Å². The van der Waals surface area contributed by atoms with Crippen LogP contribution in [0.15, 0.2) is 66.0 Å². The van der Waals surface area contributed by atoms with Crippen LogP contribution in [0.4, 0.5) is 11.4 Å². The van der Waals surface area contributed by atoms with Gasteiger partial charge in [0.2, 0.25) is 5.91 Å². The van der Waals surface area contributed by atoms with Gasteiger partial charge in [-0.15, -0.1) is 11.3 Å². The van der Waals surface area contributed by atoms with Gasteiger partial charge in [0.15, 0.2) is 0 Å². The summed E-state index contributed by atoms with van der Waals surface area (Å²) in [4.78, 5) is 38.4. The Kier molecular flexibility index (Phi) is 5.86. The van der Waals surface area contributed by atoms with E-state index < -0.39 is 5.97 Å². The number of carbonyl (C=O) groups excluding carboxylic acids is 3. The summed E-state index contributed by atoms with van der Waals surface area (Å²) in [6.45, 7) is 1.42. The summed E-state index contributed by atoms with van der Waals surface area (Å²) >= 11 is 1.34. The molecule has 28 heavy (non-hydrogen) atoms.